The van der Waals surface area contributed by atoms with Gasteiger partial charge in [-0.05, 0) is 43.4 Å². The third-order valence-corrected chi connectivity index (χ3v) is 6.24. The second kappa shape index (κ2) is 9.45. The number of likely N-dealkylation sites (tertiary alicyclic amines) is 1. The van der Waals surface area contributed by atoms with Crippen LogP contribution >= 0.6 is 0 Å². The molecule has 1 N–H and O–H groups in total. The highest BCUT2D eigenvalue weighted by atomic mass is 19.3. The molecule has 2 aromatic carbocycles. The molecule has 1 saturated heterocycles. The van der Waals surface area contributed by atoms with Crippen LogP contribution < -0.4 is 5.32 Å². The van der Waals surface area contributed by atoms with E-state index in [-0.39, 0.29) is 11.5 Å². The second-order valence-electron chi connectivity index (χ2n) is 8.86. The fourth-order valence-electron chi connectivity index (χ4n) is 4.05. The third-order valence-electron chi connectivity index (χ3n) is 6.24. The van der Waals surface area contributed by atoms with E-state index in [0.717, 1.165) is 50.5 Å². The molecule has 168 valence electrons. The van der Waals surface area contributed by atoms with Crippen LogP contribution in [0.2, 0.25) is 0 Å². The molecule has 6 heteroatoms. The highest BCUT2D eigenvalue weighted by Gasteiger charge is 2.37. The Balaban J connectivity index is 1.51. The molecule has 1 aliphatic rings. The largest absolute Gasteiger partial charge is 0.468 e. The number of methoxy groups -OCH3 is 1. The molecule has 0 atom stereocenters. The van der Waals surface area contributed by atoms with Gasteiger partial charge < -0.3 is 10.1 Å². The summed E-state index contributed by atoms with van der Waals surface area (Å²) >= 11 is 0. The van der Waals surface area contributed by atoms with E-state index in [2.05, 4.69) is 22.3 Å². The first kappa shape index (κ1) is 23.4. The van der Waals surface area contributed by atoms with Crippen LogP contribution in [0.15, 0.2) is 48.5 Å². The zero-order valence-corrected chi connectivity index (χ0v) is 18.8. The maximum absolute atomic E-state index is 13.4. The Morgan fingerprint density at radius 1 is 1.00 bits per heavy atom. The monoisotopic (exact) mass is 430 g/mol. The number of ether oxygens (including phenoxy) is 1. The number of halogens is 2. The molecule has 1 heterocycles. The highest BCUT2D eigenvalue weighted by molar-refractivity contribution is 5.79. The summed E-state index contributed by atoms with van der Waals surface area (Å²) in [6.45, 7) is 7.21. The molecule has 1 fully saturated rings. The van der Waals surface area contributed by atoms with E-state index in [9.17, 15) is 13.6 Å². The topological polar surface area (TPSA) is 41.6 Å². The van der Waals surface area contributed by atoms with Crippen molar-refractivity contribution in [3.63, 3.8) is 0 Å². The number of hydrogen-bond acceptors (Lipinski definition) is 4. The molecule has 1 aliphatic heterocycles. The van der Waals surface area contributed by atoms with E-state index in [0.29, 0.717) is 6.04 Å². The average Bonchev–Trinajstić information content (AvgIpc) is 2.77. The number of esters is 1. The number of nitrogens with zero attached hydrogens (tertiary/aromatic N) is 1. The lowest BCUT2D eigenvalue weighted by atomic mass is 9.96. The lowest BCUT2D eigenvalue weighted by molar-refractivity contribution is -0.154. The zero-order valence-electron chi connectivity index (χ0n) is 18.8. The average molecular weight is 431 g/mol. The first-order valence-electron chi connectivity index (χ1n) is 10.8. The van der Waals surface area contributed by atoms with Crippen molar-refractivity contribution in [2.24, 2.45) is 0 Å². The Morgan fingerprint density at radius 3 is 2.00 bits per heavy atom. The minimum absolute atomic E-state index is 0.0260. The Hall–Kier alpha value is -2.31. The number of hydrogen-bond donors (Lipinski definition) is 1. The standard InChI is InChI=1S/C25H32F2N2O2/c1-24(2,23(30)31-4)29-15-13-22(14-16-29)28-17-18-5-7-19(8-6-18)20-9-11-21(12-10-20)25(3,26)27/h5-12,22,28H,13-17H2,1-4H3. The summed E-state index contributed by atoms with van der Waals surface area (Å²) in [6, 6.07) is 15.0. The molecule has 0 aromatic heterocycles. The Morgan fingerprint density at radius 2 is 1.52 bits per heavy atom. The van der Waals surface area contributed by atoms with Gasteiger partial charge in [-0.25, -0.2) is 8.78 Å². The molecule has 4 nitrogen and oxygen atoms in total. The molecular formula is C25H32F2N2O2. The summed E-state index contributed by atoms with van der Waals surface area (Å²) in [6.07, 6.45) is 1.96. The maximum atomic E-state index is 13.4. The predicted molar refractivity (Wildman–Crippen MR) is 119 cm³/mol. The SMILES string of the molecule is COC(=O)C(C)(C)N1CCC(NCc2ccc(-c3ccc(C(C)(F)F)cc3)cc2)CC1. The second-order valence-corrected chi connectivity index (χ2v) is 8.86. The summed E-state index contributed by atoms with van der Waals surface area (Å²) in [5.41, 5.74) is 2.54. The van der Waals surface area contributed by atoms with Crippen molar-refractivity contribution in [3.05, 3.63) is 59.7 Å². The number of nitrogens with one attached hydrogen (secondary N) is 1. The van der Waals surface area contributed by atoms with Gasteiger partial charge in [0, 0.05) is 38.2 Å². The van der Waals surface area contributed by atoms with E-state index in [1.165, 1.54) is 24.8 Å². The van der Waals surface area contributed by atoms with Gasteiger partial charge >= 0.3 is 5.97 Å². The molecule has 3 rings (SSSR count). The normalized spacial score (nSPS) is 16.3. The fourth-order valence-corrected chi connectivity index (χ4v) is 4.05. The Kier molecular flexibility index (Phi) is 7.12. The van der Waals surface area contributed by atoms with Crippen molar-refractivity contribution >= 4 is 5.97 Å². The van der Waals surface area contributed by atoms with Crippen LogP contribution in [0.25, 0.3) is 11.1 Å². The first-order chi connectivity index (χ1) is 14.6. The van der Waals surface area contributed by atoms with Gasteiger partial charge in [0.2, 0.25) is 0 Å². The van der Waals surface area contributed by atoms with Crippen molar-refractivity contribution in [2.75, 3.05) is 20.2 Å². The number of rotatable bonds is 7. The van der Waals surface area contributed by atoms with Gasteiger partial charge in [0.25, 0.3) is 5.92 Å². The zero-order chi connectivity index (χ0) is 22.6. The molecule has 0 bridgehead atoms. The molecule has 2 aromatic rings. The number of piperidine rings is 1. The first-order valence-corrected chi connectivity index (χ1v) is 10.8. The van der Waals surface area contributed by atoms with Crippen LogP contribution in [-0.2, 0) is 22.0 Å². The Bertz CT molecular complexity index is 866. The summed E-state index contributed by atoms with van der Waals surface area (Å²) in [4.78, 5) is 14.2. The van der Waals surface area contributed by atoms with Crippen molar-refractivity contribution in [1.82, 2.24) is 10.2 Å². The van der Waals surface area contributed by atoms with Crippen LogP contribution in [0.1, 0.15) is 44.7 Å². The van der Waals surface area contributed by atoms with Gasteiger partial charge in [0.05, 0.1) is 7.11 Å². The van der Waals surface area contributed by atoms with Crippen molar-refractivity contribution in [2.45, 2.75) is 57.7 Å². The van der Waals surface area contributed by atoms with Gasteiger partial charge in [-0.1, -0.05) is 48.5 Å². The number of benzene rings is 2. The maximum Gasteiger partial charge on any atom is 0.325 e. The van der Waals surface area contributed by atoms with Crippen LogP contribution in [0.5, 0.6) is 0 Å². The molecule has 0 saturated carbocycles. The summed E-state index contributed by atoms with van der Waals surface area (Å²) in [5, 5.41) is 3.61. The van der Waals surface area contributed by atoms with Crippen molar-refractivity contribution < 1.29 is 18.3 Å². The third kappa shape index (κ3) is 5.69. The van der Waals surface area contributed by atoms with E-state index in [4.69, 9.17) is 4.74 Å². The van der Waals surface area contributed by atoms with Crippen LogP contribution in [0, 0.1) is 0 Å². The molecule has 0 aliphatic carbocycles. The minimum atomic E-state index is -2.82. The van der Waals surface area contributed by atoms with E-state index >= 15 is 0 Å². The van der Waals surface area contributed by atoms with Gasteiger partial charge in [-0.2, -0.15) is 0 Å². The number of carbonyl (C=O) groups is 1. The van der Waals surface area contributed by atoms with Gasteiger partial charge in [-0.15, -0.1) is 0 Å². The molecule has 0 spiro atoms. The molecule has 0 amide bonds. The van der Waals surface area contributed by atoms with Crippen LogP contribution in [0.4, 0.5) is 8.78 Å². The van der Waals surface area contributed by atoms with Crippen molar-refractivity contribution in [1.29, 1.82) is 0 Å². The van der Waals surface area contributed by atoms with Gasteiger partial charge in [0.15, 0.2) is 0 Å². The fraction of sp³-hybridized carbons (Fsp3) is 0.480. The number of alkyl halides is 2. The van der Waals surface area contributed by atoms with E-state index in [1.807, 2.05) is 26.0 Å². The summed E-state index contributed by atoms with van der Waals surface area (Å²) < 4.78 is 31.7. The Labute approximate surface area is 183 Å². The van der Waals surface area contributed by atoms with Gasteiger partial charge in [-0.3, -0.25) is 9.69 Å². The quantitative estimate of drug-likeness (QED) is 0.630. The molecule has 0 radical (unpaired) electrons. The van der Waals surface area contributed by atoms with E-state index in [1.54, 1.807) is 12.1 Å². The van der Waals surface area contributed by atoms with Crippen LogP contribution in [0.3, 0.4) is 0 Å². The predicted octanol–water partition coefficient (Wildman–Crippen LogP) is 4.97. The van der Waals surface area contributed by atoms with Crippen LogP contribution in [-0.4, -0.2) is 42.6 Å². The minimum Gasteiger partial charge on any atom is -0.468 e. The van der Waals surface area contributed by atoms with E-state index < -0.39 is 11.5 Å². The number of carbonyl (C=O) groups excluding carboxylic acids is 1. The highest BCUT2D eigenvalue weighted by Crippen LogP contribution is 2.29. The lowest BCUT2D eigenvalue weighted by Crippen LogP contribution is -2.55. The smallest absolute Gasteiger partial charge is 0.325 e. The van der Waals surface area contributed by atoms with Gasteiger partial charge in [0.1, 0.15) is 5.54 Å². The summed E-state index contributed by atoms with van der Waals surface area (Å²) in [5.74, 6) is -3.02. The molecular weight excluding hydrogens is 398 g/mol. The molecule has 31 heavy (non-hydrogen) atoms. The lowest BCUT2D eigenvalue weighted by Gasteiger charge is -2.41. The summed E-state index contributed by atoms with van der Waals surface area (Å²) in [7, 11) is 1.43. The molecule has 0 unspecified atom stereocenters. The van der Waals surface area contributed by atoms with Crippen molar-refractivity contribution in [3.8, 4) is 11.1 Å².